The van der Waals surface area contributed by atoms with Gasteiger partial charge in [-0.1, -0.05) is 12.1 Å². The molecule has 3 aromatic rings. The molecular formula is C17H21N7. The molecule has 0 spiro atoms. The number of aryl methyl sites for hydroxylation is 1. The Kier molecular flexibility index (Phi) is 3.78. The number of piperazine rings is 1. The molecule has 1 aliphatic heterocycles. The second-order valence-corrected chi connectivity index (χ2v) is 6.24. The van der Waals surface area contributed by atoms with Crippen LogP contribution >= 0.6 is 0 Å². The Labute approximate surface area is 140 Å². The van der Waals surface area contributed by atoms with Gasteiger partial charge in [-0.05, 0) is 26.1 Å². The van der Waals surface area contributed by atoms with E-state index >= 15 is 0 Å². The van der Waals surface area contributed by atoms with Crippen molar-refractivity contribution in [3.8, 4) is 0 Å². The lowest BCUT2D eigenvalue weighted by atomic mass is 10.2. The van der Waals surface area contributed by atoms with Crippen LogP contribution in [0.3, 0.4) is 0 Å². The lowest BCUT2D eigenvalue weighted by Crippen LogP contribution is -2.45. The van der Waals surface area contributed by atoms with Crippen molar-refractivity contribution in [1.29, 1.82) is 0 Å². The van der Waals surface area contributed by atoms with Crippen LogP contribution in [0.25, 0.3) is 10.9 Å². The molecule has 1 aromatic carbocycles. The smallest absolute Gasteiger partial charge is 0.227 e. The van der Waals surface area contributed by atoms with Crippen LogP contribution in [0, 0.1) is 6.92 Å². The number of hydrogen-bond donors (Lipinski definition) is 2. The molecule has 1 fully saturated rings. The molecule has 2 aromatic heterocycles. The van der Waals surface area contributed by atoms with Crippen molar-refractivity contribution >= 4 is 28.5 Å². The van der Waals surface area contributed by atoms with Gasteiger partial charge in [0.05, 0.1) is 5.52 Å². The van der Waals surface area contributed by atoms with Crippen LogP contribution in [0.5, 0.6) is 0 Å². The minimum atomic E-state index is 0.765. The van der Waals surface area contributed by atoms with Gasteiger partial charge in [-0.25, -0.2) is 4.98 Å². The Morgan fingerprint density at radius 2 is 1.88 bits per heavy atom. The van der Waals surface area contributed by atoms with E-state index < -0.39 is 0 Å². The number of anilines is 3. The normalized spacial score (nSPS) is 15.8. The second kappa shape index (κ2) is 6.09. The maximum absolute atomic E-state index is 4.79. The molecule has 0 aliphatic carbocycles. The molecule has 1 aliphatic rings. The van der Waals surface area contributed by atoms with Gasteiger partial charge in [0.15, 0.2) is 5.82 Å². The highest BCUT2D eigenvalue weighted by molar-refractivity contribution is 5.91. The largest absolute Gasteiger partial charge is 0.338 e. The molecule has 0 atom stereocenters. The third-order valence-electron chi connectivity index (χ3n) is 4.33. The molecule has 7 nitrogen and oxygen atoms in total. The van der Waals surface area contributed by atoms with Gasteiger partial charge in [-0.2, -0.15) is 10.1 Å². The van der Waals surface area contributed by atoms with Crippen molar-refractivity contribution in [2.75, 3.05) is 43.4 Å². The predicted molar refractivity (Wildman–Crippen MR) is 95.9 cm³/mol. The number of hydrogen-bond acceptors (Lipinski definition) is 6. The monoisotopic (exact) mass is 323 g/mol. The van der Waals surface area contributed by atoms with E-state index in [-0.39, 0.29) is 0 Å². The summed E-state index contributed by atoms with van der Waals surface area (Å²) in [6.45, 7) is 5.91. The molecule has 0 amide bonds. The zero-order valence-electron chi connectivity index (χ0n) is 14.0. The maximum atomic E-state index is 4.79. The Balaban J connectivity index is 1.73. The lowest BCUT2D eigenvalue weighted by Gasteiger charge is -2.32. The minimum absolute atomic E-state index is 0.765. The molecule has 2 N–H and O–H groups in total. The van der Waals surface area contributed by atoms with Gasteiger partial charge >= 0.3 is 0 Å². The molecule has 0 radical (unpaired) electrons. The van der Waals surface area contributed by atoms with Crippen LogP contribution < -0.4 is 10.2 Å². The Bertz CT molecular complexity index is 849. The molecule has 3 heterocycles. The van der Waals surface area contributed by atoms with Gasteiger partial charge in [0.1, 0.15) is 5.82 Å². The van der Waals surface area contributed by atoms with Crippen LogP contribution in [-0.4, -0.2) is 58.3 Å². The highest BCUT2D eigenvalue weighted by Crippen LogP contribution is 2.26. The molecule has 4 rings (SSSR count). The highest BCUT2D eigenvalue weighted by Gasteiger charge is 2.18. The zero-order valence-corrected chi connectivity index (χ0v) is 14.0. The number of aromatic amines is 1. The Morgan fingerprint density at radius 1 is 1.08 bits per heavy atom. The van der Waals surface area contributed by atoms with E-state index in [0.717, 1.165) is 60.4 Å². The summed E-state index contributed by atoms with van der Waals surface area (Å²) in [5.74, 6) is 2.33. The van der Waals surface area contributed by atoms with Crippen LogP contribution in [0.15, 0.2) is 30.3 Å². The maximum Gasteiger partial charge on any atom is 0.227 e. The average Bonchev–Trinajstić information content (AvgIpc) is 3.00. The number of fused-ring (bicyclic) bond motifs is 1. The van der Waals surface area contributed by atoms with Crippen molar-refractivity contribution in [1.82, 2.24) is 25.1 Å². The summed E-state index contributed by atoms with van der Waals surface area (Å²) in [6.07, 6.45) is 0. The summed E-state index contributed by atoms with van der Waals surface area (Å²) in [6, 6.07) is 10.0. The topological polar surface area (TPSA) is 73.0 Å². The van der Waals surface area contributed by atoms with Crippen molar-refractivity contribution < 1.29 is 0 Å². The van der Waals surface area contributed by atoms with E-state index in [0.29, 0.717) is 0 Å². The first-order valence-corrected chi connectivity index (χ1v) is 8.18. The predicted octanol–water partition coefficient (Wildman–Crippen LogP) is 2.16. The van der Waals surface area contributed by atoms with Crippen molar-refractivity contribution in [3.63, 3.8) is 0 Å². The van der Waals surface area contributed by atoms with Gasteiger partial charge in [0, 0.05) is 43.3 Å². The summed E-state index contributed by atoms with van der Waals surface area (Å²) in [5.41, 5.74) is 1.95. The fourth-order valence-corrected chi connectivity index (χ4v) is 2.91. The number of nitrogens with zero attached hydrogens (tertiary/aromatic N) is 5. The molecule has 1 saturated heterocycles. The molecule has 0 bridgehead atoms. The van der Waals surface area contributed by atoms with Crippen LogP contribution in [0.4, 0.5) is 17.6 Å². The van der Waals surface area contributed by atoms with E-state index in [1.54, 1.807) is 0 Å². The van der Waals surface area contributed by atoms with Crippen molar-refractivity contribution in [3.05, 3.63) is 36.0 Å². The first kappa shape index (κ1) is 14.9. The van der Waals surface area contributed by atoms with E-state index in [4.69, 9.17) is 9.97 Å². The average molecular weight is 323 g/mol. The molecule has 0 saturated carbocycles. The van der Waals surface area contributed by atoms with E-state index in [2.05, 4.69) is 32.4 Å². The number of rotatable bonds is 3. The van der Waals surface area contributed by atoms with Gasteiger partial charge < -0.3 is 15.1 Å². The fraction of sp³-hybridized carbons (Fsp3) is 0.353. The summed E-state index contributed by atoms with van der Waals surface area (Å²) in [4.78, 5) is 14.1. The Morgan fingerprint density at radius 3 is 2.62 bits per heavy atom. The zero-order chi connectivity index (χ0) is 16.5. The minimum Gasteiger partial charge on any atom is -0.338 e. The molecule has 7 heteroatoms. The quantitative estimate of drug-likeness (QED) is 0.769. The highest BCUT2D eigenvalue weighted by atomic mass is 15.3. The number of likely N-dealkylation sites (N-methyl/N-ethyl adjacent to an activating group) is 1. The van der Waals surface area contributed by atoms with Gasteiger partial charge in [-0.15, -0.1) is 0 Å². The fourth-order valence-electron chi connectivity index (χ4n) is 2.91. The third-order valence-corrected chi connectivity index (χ3v) is 4.33. The van der Waals surface area contributed by atoms with Crippen LogP contribution in [0.2, 0.25) is 0 Å². The lowest BCUT2D eigenvalue weighted by molar-refractivity contribution is 0.311. The van der Waals surface area contributed by atoms with Gasteiger partial charge in [0.2, 0.25) is 5.95 Å². The molecule has 24 heavy (non-hydrogen) atoms. The number of nitrogens with one attached hydrogen (secondary N) is 2. The van der Waals surface area contributed by atoms with E-state index in [1.165, 1.54) is 0 Å². The molecule has 124 valence electrons. The van der Waals surface area contributed by atoms with Gasteiger partial charge in [-0.3, -0.25) is 5.10 Å². The SMILES string of the molecule is Cc1cc(Nc2nc(N3CCN(C)CC3)nc3ccccc23)n[nH]1. The van der Waals surface area contributed by atoms with E-state index in [1.807, 2.05) is 37.3 Å². The first-order chi connectivity index (χ1) is 11.7. The molecule has 0 unspecified atom stereocenters. The third kappa shape index (κ3) is 2.90. The second-order valence-electron chi connectivity index (χ2n) is 6.24. The summed E-state index contributed by atoms with van der Waals surface area (Å²) in [7, 11) is 2.14. The van der Waals surface area contributed by atoms with Crippen molar-refractivity contribution in [2.24, 2.45) is 0 Å². The number of benzene rings is 1. The standard InChI is InChI=1S/C17H21N7/c1-12-11-15(22-21-12)19-16-13-5-3-4-6-14(13)18-17(20-16)24-9-7-23(2)8-10-24/h3-6,11H,7-10H2,1-2H3,(H2,18,19,20,21,22). The van der Waals surface area contributed by atoms with E-state index in [9.17, 15) is 0 Å². The van der Waals surface area contributed by atoms with Crippen LogP contribution in [0.1, 0.15) is 5.69 Å². The summed E-state index contributed by atoms with van der Waals surface area (Å²) in [5, 5.41) is 11.5. The summed E-state index contributed by atoms with van der Waals surface area (Å²) >= 11 is 0. The first-order valence-electron chi connectivity index (χ1n) is 8.18. The number of para-hydroxylation sites is 1. The molecular weight excluding hydrogens is 302 g/mol. The summed E-state index contributed by atoms with van der Waals surface area (Å²) < 4.78 is 0. The van der Waals surface area contributed by atoms with Crippen LogP contribution in [-0.2, 0) is 0 Å². The van der Waals surface area contributed by atoms with Crippen molar-refractivity contribution in [2.45, 2.75) is 6.92 Å². The number of aromatic nitrogens is 4. The van der Waals surface area contributed by atoms with Gasteiger partial charge in [0.25, 0.3) is 0 Å². The number of H-pyrrole nitrogens is 1. The Hall–Kier alpha value is -2.67.